The summed E-state index contributed by atoms with van der Waals surface area (Å²) in [6.45, 7) is 3.21. The maximum Gasteiger partial charge on any atom is 0.228 e. The number of carbonyl (C=O) groups is 2. The Balaban J connectivity index is 2.49. The molecule has 0 bridgehead atoms. The first kappa shape index (κ1) is 18.1. The van der Waals surface area contributed by atoms with Crippen LogP contribution in [0.25, 0.3) is 0 Å². The zero-order valence-corrected chi connectivity index (χ0v) is 13.8. The molecule has 0 aromatic heterocycles. The Hall–Kier alpha value is -1.92. The fourth-order valence-corrected chi connectivity index (χ4v) is 1.85. The first-order valence-corrected chi connectivity index (χ1v) is 7.42. The molecular weight excluding hydrogens is 280 g/mol. The van der Waals surface area contributed by atoms with Gasteiger partial charge in [-0.25, -0.2) is 0 Å². The van der Waals surface area contributed by atoms with Gasteiger partial charge in [-0.1, -0.05) is 6.92 Å². The van der Waals surface area contributed by atoms with Crippen molar-refractivity contribution in [3.05, 3.63) is 24.3 Å². The zero-order valence-electron chi connectivity index (χ0n) is 13.8. The van der Waals surface area contributed by atoms with Crippen molar-refractivity contribution in [1.82, 2.24) is 10.2 Å². The Bertz CT molecular complexity index is 485. The topological polar surface area (TPSA) is 73.5 Å². The second-order valence-corrected chi connectivity index (χ2v) is 5.63. The van der Waals surface area contributed by atoms with E-state index in [2.05, 4.69) is 16.0 Å². The molecule has 1 atom stereocenters. The molecule has 6 nitrogen and oxygen atoms in total. The zero-order chi connectivity index (χ0) is 16.5. The summed E-state index contributed by atoms with van der Waals surface area (Å²) in [5, 5.41) is 8.65. The van der Waals surface area contributed by atoms with Gasteiger partial charge in [0.15, 0.2) is 0 Å². The number of carbonyl (C=O) groups excluding carboxylic acids is 2. The summed E-state index contributed by atoms with van der Waals surface area (Å²) < 4.78 is 0. The number of hydrogen-bond donors (Lipinski definition) is 3. The third-order valence-electron chi connectivity index (χ3n) is 3.18. The number of nitrogens with zero attached hydrogens (tertiary/aromatic N) is 1. The first-order valence-electron chi connectivity index (χ1n) is 7.42. The summed E-state index contributed by atoms with van der Waals surface area (Å²) in [5.41, 5.74) is 1.45. The van der Waals surface area contributed by atoms with Crippen molar-refractivity contribution in [2.45, 2.75) is 13.3 Å². The molecule has 0 fully saturated rings. The molecule has 3 N–H and O–H groups in total. The van der Waals surface area contributed by atoms with Gasteiger partial charge in [0.25, 0.3) is 0 Å². The lowest BCUT2D eigenvalue weighted by molar-refractivity contribution is -0.119. The number of nitrogens with one attached hydrogen (secondary N) is 3. The molecule has 0 heterocycles. The van der Waals surface area contributed by atoms with E-state index < -0.39 is 0 Å². The Morgan fingerprint density at radius 2 is 1.64 bits per heavy atom. The van der Waals surface area contributed by atoms with Crippen LogP contribution in [-0.2, 0) is 9.59 Å². The highest BCUT2D eigenvalue weighted by molar-refractivity contribution is 5.93. The Morgan fingerprint density at radius 3 is 2.14 bits per heavy atom. The minimum absolute atomic E-state index is 0.0203. The van der Waals surface area contributed by atoms with E-state index in [1.807, 2.05) is 33.0 Å². The summed E-state index contributed by atoms with van der Waals surface area (Å²) in [7, 11) is 5.68. The van der Waals surface area contributed by atoms with Crippen LogP contribution in [0.5, 0.6) is 0 Å². The monoisotopic (exact) mass is 306 g/mol. The normalized spacial score (nSPS) is 12.0. The molecule has 1 unspecified atom stereocenters. The van der Waals surface area contributed by atoms with Gasteiger partial charge in [-0.3, -0.25) is 9.59 Å². The Kier molecular flexibility index (Phi) is 7.56. The first-order chi connectivity index (χ1) is 10.4. The molecule has 0 saturated heterocycles. The molecular formula is C16H26N4O2. The standard InChI is InChI=1S/C16H26N4O2/c1-12(11-17-2)16(22)19-14-7-5-13(6-8-14)18-15(21)9-10-20(3)4/h5-8,12,17H,9-11H2,1-4H3,(H,18,21)(H,19,22). The van der Waals surface area contributed by atoms with Crippen LogP contribution in [0.2, 0.25) is 0 Å². The average molecular weight is 306 g/mol. The fourth-order valence-electron chi connectivity index (χ4n) is 1.85. The van der Waals surface area contributed by atoms with Crippen LogP contribution in [0.3, 0.4) is 0 Å². The maximum absolute atomic E-state index is 11.9. The molecule has 0 spiro atoms. The third kappa shape index (κ3) is 6.69. The van der Waals surface area contributed by atoms with E-state index in [1.54, 1.807) is 24.3 Å². The SMILES string of the molecule is CNCC(C)C(=O)Nc1ccc(NC(=O)CCN(C)C)cc1. The van der Waals surface area contributed by atoms with E-state index in [-0.39, 0.29) is 17.7 Å². The van der Waals surface area contributed by atoms with Crippen LogP contribution in [0.4, 0.5) is 11.4 Å². The van der Waals surface area contributed by atoms with Crippen molar-refractivity contribution >= 4 is 23.2 Å². The minimum atomic E-state index is -0.101. The molecule has 22 heavy (non-hydrogen) atoms. The number of rotatable bonds is 8. The van der Waals surface area contributed by atoms with E-state index in [4.69, 9.17) is 0 Å². The largest absolute Gasteiger partial charge is 0.326 e. The molecule has 0 aliphatic heterocycles. The van der Waals surface area contributed by atoms with Crippen LogP contribution >= 0.6 is 0 Å². The summed E-state index contributed by atoms with van der Waals surface area (Å²) in [5.74, 6) is -0.152. The second kappa shape index (κ2) is 9.17. The van der Waals surface area contributed by atoms with Gasteiger partial charge in [0.05, 0.1) is 0 Å². The number of amides is 2. The quantitative estimate of drug-likeness (QED) is 0.678. The number of hydrogen-bond acceptors (Lipinski definition) is 4. The Labute approximate surface area is 132 Å². The lowest BCUT2D eigenvalue weighted by Gasteiger charge is -2.12. The van der Waals surface area contributed by atoms with Crippen molar-refractivity contribution in [2.24, 2.45) is 5.92 Å². The smallest absolute Gasteiger partial charge is 0.228 e. The maximum atomic E-state index is 11.9. The van der Waals surface area contributed by atoms with Gasteiger partial charge < -0.3 is 20.9 Å². The summed E-state index contributed by atoms with van der Waals surface area (Å²) in [6.07, 6.45) is 0.451. The van der Waals surface area contributed by atoms with E-state index in [9.17, 15) is 9.59 Å². The molecule has 1 rings (SSSR count). The number of anilines is 2. The average Bonchev–Trinajstić information content (AvgIpc) is 2.47. The number of benzene rings is 1. The van der Waals surface area contributed by atoms with Crippen LogP contribution < -0.4 is 16.0 Å². The van der Waals surface area contributed by atoms with E-state index in [1.165, 1.54) is 0 Å². The predicted molar refractivity (Wildman–Crippen MR) is 90.0 cm³/mol. The van der Waals surface area contributed by atoms with Crippen LogP contribution in [-0.4, -0.2) is 50.9 Å². The molecule has 0 radical (unpaired) electrons. The highest BCUT2D eigenvalue weighted by Gasteiger charge is 2.11. The summed E-state index contributed by atoms with van der Waals surface area (Å²) in [6, 6.07) is 7.13. The van der Waals surface area contributed by atoms with Crippen molar-refractivity contribution in [3.8, 4) is 0 Å². The van der Waals surface area contributed by atoms with Crippen LogP contribution in [0.15, 0.2) is 24.3 Å². The highest BCUT2D eigenvalue weighted by Crippen LogP contribution is 2.14. The molecule has 6 heteroatoms. The van der Waals surface area contributed by atoms with E-state index >= 15 is 0 Å². The highest BCUT2D eigenvalue weighted by atomic mass is 16.2. The summed E-state index contributed by atoms with van der Waals surface area (Å²) in [4.78, 5) is 25.6. The van der Waals surface area contributed by atoms with Crippen molar-refractivity contribution < 1.29 is 9.59 Å². The van der Waals surface area contributed by atoms with E-state index in [0.717, 1.165) is 11.4 Å². The van der Waals surface area contributed by atoms with Crippen molar-refractivity contribution in [1.29, 1.82) is 0 Å². The molecule has 0 aliphatic carbocycles. The molecule has 2 amide bonds. The third-order valence-corrected chi connectivity index (χ3v) is 3.18. The molecule has 122 valence electrons. The van der Waals surface area contributed by atoms with Gasteiger partial charge in [-0.05, 0) is 45.4 Å². The van der Waals surface area contributed by atoms with Gasteiger partial charge in [-0.2, -0.15) is 0 Å². The van der Waals surface area contributed by atoms with Crippen LogP contribution in [0.1, 0.15) is 13.3 Å². The predicted octanol–water partition coefficient (Wildman–Crippen LogP) is 1.37. The van der Waals surface area contributed by atoms with Crippen molar-refractivity contribution in [2.75, 3.05) is 44.9 Å². The lowest BCUT2D eigenvalue weighted by atomic mass is 10.1. The van der Waals surface area contributed by atoms with Crippen LogP contribution in [0, 0.1) is 5.92 Å². The molecule has 0 saturated carbocycles. The van der Waals surface area contributed by atoms with Gasteiger partial charge in [0.2, 0.25) is 11.8 Å². The molecule has 1 aromatic carbocycles. The van der Waals surface area contributed by atoms with E-state index in [0.29, 0.717) is 19.5 Å². The van der Waals surface area contributed by atoms with Gasteiger partial charge in [0, 0.05) is 36.8 Å². The van der Waals surface area contributed by atoms with Gasteiger partial charge in [-0.15, -0.1) is 0 Å². The second-order valence-electron chi connectivity index (χ2n) is 5.63. The Morgan fingerprint density at radius 1 is 1.09 bits per heavy atom. The van der Waals surface area contributed by atoms with Gasteiger partial charge >= 0.3 is 0 Å². The minimum Gasteiger partial charge on any atom is -0.326 e. The van der Waals surface area contributed by atoms with Gasteiger partial charge in [0.1, 0.15) is 0 Å². The lowest BCUT2D eigenvalue weighted by Crippen LogP contribution is -2.28. The molecule has 0 aliphatic rings. The molecule has 1 aromatic rings. The summed E-state index contributed by atoms with van der Waals surface area (Å²) >= 11 is 0. The fraction of sp³-hybridized carbons (Fsp3) is 0.500. The van der Waals surface area contributed by atoms with Crippen molar-refractivity contribution in [3.63, 3.8) is 0 Å².